The molecule has 8 nitrogen and oxygen atoms in total. The first-order valence-corrected chi connectivity index (χ1v) is 9.49. The van der Waals surface area contributed by atoms with Gasteiger partial charge in [-0.25, -0.2) is 9.67 Å². The van der Waals surface area contributed by atoms with Crippen molar-refractivity contribution in [3.05, 3.63) is 36.4 Å². The van der Waals surface area contributed by atoms with Crippen LogP contribution in [0.25, 0.3) is 0 Å². The standard InChI is InChI=1S/C19H22N6O2/c26-17(13-5-6-16-20-12-21-25(16)11-13)24-9-7-19(8-10-24)18(27)22-14-3-1-2-4-15(14)23-19/h1-4,12-13,23H,5-11H2,(H,22,27). The third-order valence-electron chi connectivity index (χ3n) is 6.07. The highest BCUT2D eigenvalue weighted by Crippen LogP contribution is 2.36. The predicted molar refractivity (Wildman–Crippen MR) is 99.1 cm³/mol. The molecule has 140 valence electrons. The third kappa shape index (κ3) is 2.67. The Kier molecular flexibility index (Phi) is 3.66. The van der Waals surface area contributed by atoms with Gasteiger partial charge in [-0.1, -0.05) is 12.1 Å². The second-order valence-corrected chi connectivity index (χ2v) is 7.63. The Hall–Kier alpha value is -2.90. The zero-order chi connectivity index (χ0) is 18.4. The van der Waals surface area contributed by atoms with Gasteiger partial charge in [-0.05, 0) is 31.4 Å². The van der Waals surface area contributed by atoms with Crippen molar-refractivity contribution in [2.24, 2.45) is 5.92 Å². The Balaban J connectivity index is 1.27. The van der Waals surface area contributed by atoms with Crippen LogP contribution in [-0.4, -0.2) is 50.1 Å². The minimum Gasteiger partial charge on any atom is -0.369 e. The smallest absolute Gasteiger partial charge is 0.250 e. The first-order valence-electron chi connectivity index (χ1n) is 9.49. The third-order valence-corrected chi connectivity index (χ3v) is 6.07. The number of anilines is 2. The summed E-state index contributed by atoms with van der Waals surface area (Å²) in [5.74, 6) is 1.07. The first-order chi connectivity index (χ1) is 13.1. The number of para-hydroxylation sites is 2. The Morgan fingerprint density at radius 3 is 2.78 bits per heavy atom. The molecule has 1 saturated heterocycles. The van der Waals surface area contributed by atoms with Crippen LogP contribution in [0.2, 0.25) is 0 Å². The van der Waals surface area contributed by atoms with Gasteiger partial charge < -0.3 is 15.5 Å². The lowest BCUT2D eigenvalue weighted by Crippen LogP contribution is -2.59. The zero-order valence-corrected chi connectivity index (χ0v) is 15.0. The molecule has 0 saturated carbocycles. The molecule has 5 rings (SSSR count). The fourth-order valence-electron chi connectivity index (χ4n) is 4.42. The number of nitrogens with one attached hydrogen (secondary N) is 2. The number of hydrogen-bond donors (Lipinski definition) is 2. The van der Waals surface area contributed by atoms with Crippen LogP contribution in [0.4, 0.5) is 11.4 Å². The van der Waals surface area contributed by atoms with Gasteiger partial charge in [-0.2, -0.15) is 5.10 Å². The van der Waals surface area contributed by atoms with Crippen LogP contribution in [0.15, 0.2) is 30.6 Å². The molecule has 4 heterocycles. The van der Waals surface area contributed by atoms with Gasteiger partial charge in [0.15, 0.2) is 0 Å². The van der Waals surface area contributed by atoms with E-state index in [4.69, 9.17) is 0 Å². The monoisotopic (exact) mass is 366 g/mol. The predicted octanol–water partition coefficient (Wildman–Crippen LogP) is 1.27. The van der Waals surface area contributed by atoms with Crippen LogP contribution < -0.4 is 10.6 Å². The van der Waals surface area contributed by atoms with Crippen molar-refractivity contribution in [2.75, 3.05) is 23.7 Å². The number of benzene rings is 1. The SMILES string of the molecule is O=C(C1CCc2ncnn2C1)N1CCC2(CC1)Nc1ccccc1NC2=O. The summed E-state index contributed by atoms with van der Waals surface area (Å²) in [5.41, 5.74) is 1.14. The molecule has 0 radical (unpaired) electrons. The van der Waals surface area contributed by atoms with Crippen molar-refractivity contribution in [1.82, 2.24) is 19.7 Å². The maximum Gasteiger partial charge on any atom is 0.250 e. The maximum absolute atomic E-state index is 13.0. The number of aryl methyl sites for hydroxylation is 1. The molecule has 2 aromatic rings. The van der Waals surface area contributed by atoms with E-state index < -0.39 is 5.54 Å². The number of aromatic nitrogens is 3. The highest BCUT2D eigenvalue weighted by atomic mass is 16.2. The number of carbonyl (C=O) groups excluding carboxylic acids is 2. The molecule has 1 atom stereocenters. The highest BCUT2D eigenvalue weighted by molar-refractivity contribution is 6.06. The summed E-state index contributed by atoms with van der Waals surface area (Å²) >= 11 is 0. The molecular formula is C19H22N6O2. The lowest BCUT2D eigenvalue weighted by atomic mass is 9.83. The minimum absolute atomic E-state index is 0.00165. The number of carbonyl (C=O) groups is 2. The van der Waals surface area contributed by atoms with E-state index in [0.29, 0.717) is 32.5 Å². The molecule has 2 N–H and O–H groups in total. The van der Waals surface area contributed by atoms with E-state index in [1.165, 1.54) is 0 Å². The van der Waals surface area contributed by atoms with Crippen molar-refractivity contribution in [1.29, 1.82) is 0 Å². The molecular weight excluding hydrogens is 344 g/mol. The fourth-order valence-corrected chi connectivity index (χ4v) is 4.42. The largest absolute Gasteiger partial charge is 0.369 e. The average molecular weight is 366 g/mol. The summed E-state index contributed by atoms with van der Waals surface area (Å²) in [4.78, 5) is 31.8. The second-order valence-electron chi connectivity index (χ2n) is 7.63. The summed E-state index contributed by atoms with van der Waals surface area (Å²) in [6, 6.07) is 7.74. The lowest BCUT2D eigenvalue weighted by Gasteiger charge is -2.45. The number of likely N-dealkylation sites (tertiary alicyclic amines) is 1. The summed E-state index contributed by atoms with van der Waals surface area (Å²) < 4.78 is 1.84. The van der Waals surface area contributed by atoms with Crippen LogP contribution >= 0.6 is 0 Å². The van der Waals surface area contributed by atoms with Crippen LogP contribution in [-0.2, 0) is 22.6 Å². The molecule has 0 aliphatic carbocycles. The van der Waals surface area contributed by atoms with Gasteiger partial charge in [0, 0.05) is 19.5 Å². The fraction of sp³-hybridized carbons (Fsp3) is 0.474. The molecule has 27 heavy (non-hydrogen) atoms. The van der Waals surface area contributed by atoms with Crippen LogP contribution in [0.5, 0.6) is 0 Å². The lowest BCUT2D eigenvalue weighted by molar-refractivity contribution is -0.139. The van der Waals surface area contributed by atoms with E-state index in [1.807, 2.05) is 33.8 Å². The molecule has 0 bridgehead atoms. The minimum atomic E-state index is -0.628. The highest BCUT2D eigenvalue weighted by Gasteiger charge is 2.45. The number of amides is 2. The molecule has 8 heteroatoms. The number of hydrogen-bond acceptors (Lipinski definition) is 5. The zero-order valence-electron chi connectivity index (χ0n) is 15.0. The van der Waals surface area contributed by atoms with E-state index >= 15 is 0 Å². The Labute approximate surface area is 156 Å². The number of rotatable bonds is 1. The van der Waals surface area contributed by atoms with Crippen molar-refractivity contribution in [3.63, 3.8) is 0 Å². The number of nitrogens with zero attached hydrogens (tertiary/aromatic N) is 4. The van der Waals surface area contributed by atoms with E-state index in [2.05, 4.69) is 20.7 Å². The number of fused-ring (bicyclic) bond motifs is 2. The molecule has 1 spiro atoms. The molecule has 1 fully saturated rings. The van der Waals surface area contributed by atoms with Crippen molar-refractivity contribution in [2.45, 2.75) is 37.8 Å². The van der Waals surface area contributed by atoms with Crippen LogP contribution in [0.1, 0.15) is 25.1 Å². The second kappa shape index (κ2) is 6.07. The van der Waals surface area contributed by atoms with Gasteiger partial charge in [0.25, 0.3) is 0 Å². The van der Waals surface area contributed by atoms with Crippen molar-refractivity contribution in [3.8, 4) is 0 Å². The summed E-state index contributed by atoms with van der Waals surface area (Å²) in [5, 5.41) is 10.7. The summed E-state index contributed by atoms with van der Waals surface area (Å²) in [7, 11) is 0. The van der Waals surface area contributed by atoms with Crippen molar-refractivity contribution < 1.29 is 9.59 Å². The van der Waals surface area contributed by atoms with Gasteiger partial charge in [0.05, 0.1) is 23.8 Å². The summed E-state index contributed by atoms with van der Waals surface area (Å²) in [6.07, 6.45) is 4.37. The van der Waals surface area contributed by atoms with E-state index in [-0.39, 0.29) is 17.7 Å². The Morgan fingerprint density at radius 1 is 1.19 bits per heavy atom. The van der Waals surface area contributed by atoms with Gasteiger partial charge in [0.1, 0.15) is 17.7 Å². The molecule has 2 amide bonds. The van der Waals surface area contributed by atoms with E-state index in [1.54, 1.807) is 6.33 Å². The van der Waals surface area contributed by atoms with Gasteiger partial charge >= 0.3 is 0 Å². The van der Waals surface area contributed by atoms with Gasteiger partial charge in [0.2, 0.25) is 11.8 Å². The maximum atomic E-state index is 13.0. The quantitative estimate of drug-likeness (QED) is 0.793. The van der Waals surface area contributed by atoms with Crippen LogP contribution in [0.3, 0.4) is 0 Å². The van der Waals surface area contributed by atoms with Crippen LogP contribution in [0, 0.1) is 5.92 Å². The molecule has 1 unspecified atom stereocenters. The number of piperidine rings is 1. The molecule has 1 aromatic heterocycles. The topological polar surface area (TPSA) is 92.2 Å². The van der Waals surface area contributed by atoms with Crippen molar-refractivity contribution >= 4 is 23.2 Å². The summed E-state index contributed by atoms with van der Waals surface area (Å²) in [6.45, 7) is 1.77. The van der Waals surface area contributed by atoms with Gasteiger partial charge in [-0.15, -0.1) is 0 Å². The molecule has 1 aromatic carbocycles. The average Bonchev–Trinajstić information content (AvgIpc) is 3.17. The normalized spacial score (nSPS) is 23.2. The first kappa shape index (κ1) is 16.3. The molecule has 3 aliphatic heterocycles. The Morgan fingerprint density at radius 2 is 1.96 bits per heavy atom. The molecule has 3 aliphatic rings. The van der Waals surface area contributed by atoms with E-state index in [0.717, 1.165) is 30.0 Å². The Bertz CT molecular complexity index is 899. The van der Waals surface area contributed by atoms with E-state index in [9.17, 15) is 9.59 Å². The van der Waals surface area contributed by atoms with Gasteiger partial charge in [-0.3, -0.25) is 9.59 Å².